The number of hydrogen-bond acceptors (Lipinski definition) is 4. The number of esters is 1. The summed E-state index contributed by atoms with van der Waals surface area (Å²) in [4.78, 5) is 22.1. The van der Waals surface area contributed by atoms with Crippen molar-refractivity contribution in [3.63, 3.8) is 0 Å². The van der Waals surface area contributed by atoms with Gasteiger partial charge in [0.05, 0.1) is 0 Å². The zero-order chi connectivity index (χ0) is 13.5. The van der Waals surface area contributed by atoms with Gasteiger partial charge in [0.2, 0.25) is 0 Å². The van der Waals surface area contributed by atoms with E-state index in [2.05, 4.69) is 5.32 Å². The maximum atomic E-state index is 11.3. The van der Waals surface area contributed by atoms with Crippen LogP contribution in [0.3, 0.4) is 0 Å². The quantitative estimate of drug-likeness (QED) is 0.792. The van der Waals surface area contributed by atoms with Gasteiger partial charge in [-0.15, -0.1) is 0 Å². The molecule has 1 aromatic carbocycles. The van der Waals surface area contributed by atoms with Gasteiger partial charge in [0, 0.05) is 7.05 Å². The fourth-order valence-corrected chi connectivity index (χ4v) is 1.21. The minimum Gasteiger partial charge on any atom is -0.482 e. The van der Waals surface area contributed by atoms with Gasteiger partial charge in [-0.25, -0.2) is 4.79 Å². The molecule has 0 unspecified atom stereocenters. The summed E-state index contributed by atoms with van der Waals surface area (Å²) in [6.07, 6.45) is 0. The van der Waals surface area contributed by atoms with Crippen molar-refractivity contribution in [2.75, 3.05) is 20.3 Å². The second-order valence-electron chi connectivity index (χ2n) is 3.87. The Morgan fingerprint density at radius 3 is 2.50 bits per heavy atom. The summed E-state index contributed by atoms with van der Waals surface area (Å²) in [5.41, 5.74) is 2.25. The number of hydrogen-bond donors (Lipinski definition) is 1. The highest BCUT2D eigenvalue weighted by atomic mass is 16.6. The normalized spacial score (nSPS) is 9.72. The van der Waals surface area contributed by atoms with Crippen LogP contribution in [0.1, 0.15) is 11.1 Å². The first-order valence-corrected chi connectivity index (χ1v) is 5.59. The molecule has 0 radical (unpaired) electrons. The van der Waals surface area contributed by atoms with E-state index in [1.54, 1.807) is 6.07 Å². The number of aryl methyl sites for hydroxylation is 2. The SMILES string of the molecule is CNC(=O)COC(=O)COc1ccc(C)c(C)c1. The number of carbonyl (C=O) groups excluding carboxylic acids is 2. The molecule has 0 fully saturated rings. The Labute approximate surface area is 106 Å². The number of nitrogens with one attached hydrogen (secondary N) is 1. The minimum absolute atomic E-state index is 0.209. The fourth-order valence-electron chi connectivity index (χ4n) is 1.21. The van der Waals surface area contributed by atoms with Crippen LogP contribution in [0.2, 0.25) is 0 Å². The van der Waals surface area contributed by atoms with E-state index in [1.807, 2.05) is 26.0 Å². The van der Waals surface area contributed by atoms with Gasteiger partial charge in [0.15, 0.2) is 13.2 Å². The Morgan fingerprint density at radius 1 is 1.17 bits per heavy atom. The van der Waals surface area contributed by atoms with Crippen molar-refractivity contribution in [1.29, 1.82) is 0 Å². The molecule has 5 heteroatoms. The molecule has 0 saturated carbocycles. The lowest BCUT2D eigenvalue weighted by Crippen LogP contribution is -2.26. The molecule has 98 valence electrons. The number of likely N-dealkylation sites (N-methyl/N-ethyl adjacent to an activating group) is 1. The van der Waals surface area contributed by atoms with Gasteiger partial charge in [0.1, 0.15) is 5.75 Å². The molecule has 1 aromatic rings. The highest BCUT2D eigenvalue weighted by molar-refractivity contribution is 5.80. The van der Waals surface area contributed by atoms with Crippen molar-refractivity contribution in [2.45, 2.75) is 13.8 Å². The van der Waals surface area contributed by atoms with Crippen LogP contribution in [0.5, 0.6) is 5.75 Å². The molecule has 1 rings (SSSR count). The molecule has 0 atom stereocenters. The molecule has 0 aliphatic rings. The predicted molar refractivity (Wildman–Crippen MR) is 66.4 cm³/mol. The summed E-state index contributed by atoms with van der Waals surface area (Å²) in [6.45, 7) is 3.47. The third-order valence-corrected chi connectivity index (χ3v) is 2.48. The van der Waals surface area contributed by atoms with Crippen LogP contribution in [-0.4, -0.2) is 32.1 Å². The van der Waals surface area contributed by atoms with Crippen molar-refractivity contribution in [1.82, 2.24) is 5.32 Å². The first kappa shape index (κ1) is 14.0. The van der Waals surface area contributed by atoms with E-state index < -0.39 is 5.97 Å². The summed E-state index contributed by atoms with van der Waals surface area (Å²) >= 11 is 0. The van der Waals surface area contributed by atoms with Crippen molar-refractivity contribution in [3.8, 4) is 5.75 Å². The summed E-state index contributed by atoms with van der Waals surface area (Å²) in [5.74, 6) is -0.318. The highest BCUT2D eigenvalue weighted by Crippen LogP contribution is 2.16. The number of rotatable bonds is 5. The average molecular weight is 251 g/mol. The van der Waals surface area contributed by atoms with Gasteiger partial charge in [-0.05, 0) is 37.1 Å². The summed E-state index contributed by atoms with van der Waals surface area (Å²) < 4.78 is 9.96. The zero-order valence-corrected chi connectivity index (χ0v) is 10.8. The molecule has 0 spiro atoms. The zero-order valence-electron chi connectivity index (χ0n) is 10.8. The monoisotopic (exact) mass is 251 g/mol. The van der Waals surface area contributed by atoms with Crippen molar-refractivity contribution < 1.29 is 19.1 Å². The lowest BCUT2D eigenvalue weighted by Gasteiger charge is -2.08. The summed E-state index contributed by atoms with van der Waals surface area (Å²) in [7, 11) is 1.47. The molecule has 18 heavy (non-hydrogen) atoms. The Morgan fingerprint density at radius 2 is 1.89 bits per heavy atom. The van der Waals surface area contributed by atoms with Gasteiger partial charge in [-0.2, -0.15) is 0 Å². The maximum Gasteiger partial charge on any atom is 0.344 e. The molecule has 0 saturated heterocycles. The van der Waals surface area contributed by atoms with Gasteiger partial charge in [-0.1, -0.05) is 6.07 Å². The molecule has 0 aromatic heterocycles. The Bertz CT molecular complexity index is 443. The molecule has 0 aliphatic carbocycles. The van der Waals surface area contributed by atoms with Crippen LogP contribution < -0.4 is 10.1 Å². The van der Waals surface area contributed by atoms with E-state index in [4.69, 9.17) is 9.47 Å². The average Bonchev–Trinajstić information content (AvgIpc) is 2.37. The van der Waals surface area contributed by atoms with Crippen LogP contribution >= 0.6 is 0 Å². The molecule has 1 N–H and O–H groups in total. The lowest BCUT2D eigenvalue weighted by molar-refractivity contribution is -0.150. The number of ether oxygens (including phenoxy) is 2. The van der Waals surface area contributed by atoms with Gasteiger partial charge < -0.3 is 14.8 Å². The molecule has 0 heterocycles. The van der Waals surface area contributed by atoms with Gasteiger partial charge >= 0.3 is 5.97 Å². The summed E-state index contributed by atoms with van der Waals surface area (Å²) in [6, 6.07) is 5.55. The highest BCUT2D eigenvalue weighted by Gasteiger charge is 2.07. The summed E-state index contributed by atoms with van der Waals surface area (Å²) in [5, 5.41) is 2.35. The van der Waals surface area contributed by atoms with Crippen LogP contribution in [0.4, 0.5) is 0 Å². The first-order chi connectivity index (χ1) is 8.52. The Kier molecular flexibility index (Phi) is 5.17. The second-order valence-corrected chi connectivity index (χ2v) is 3.87. The van der Waals surface area contributed by atoms with Crippen molar-refractivity contribution in [3.05, 3.63) is 29.3 Å². The van der Waals surface area contributed by atoms with Crippen LogP contribution in [0.15, 0.2) is 18.2 Å². The van der Waals surface area contributed by atoms with E-state index in [1.165, 1.54) is 7.05 Å². The molecular weight excluding hydrogens is 234 g/mol. The standard InChI is InChI=1S/C13H17NO4/c1-9-4-5-11(6-10(9)2)17-8-13(16)18-7-12(15)14-3/h4-6H,7-8H2,1-3H3,(H,14,15). The Balaban J connectivity index is 2.38. The van der Waals surface area contributed by atoms with E-state index in [-0.39, 0.29) is 19.1 Å². The van der Waals surface area contributed by atoms with Crippen molar-refractivity contribution >= 4 is 11.9 Å². The van der Waals surface area contributed by atoms with E-state index in [0.29, 0.717) is 5.75 Å². The molecule has 1 amide bonds. The lowest BCUT2D eigenvalue weighted by atomic mass is 10.1. The Hall–Kier alpha value is -2.04. The van der Waals surface area contributed by atoms with Crippen LogP contribution in [0, 0.1) is 13.8 Å². The van der Waals surface area contributed by atoms with Gasteiger partial charge in [0.25, 0.3) is 5.91 Å². The minimum atomic E-state index is -0.572. The second kappa shape index (κ2) is 6.64. The van der Waals surface area contributed by atoms with Gasteiger partial charge in [-0.3, -0.25) is 4.79 Å². The maximum absolute atomic E-state index is 11.3. The third kappa shape index (κ3) is 4.45. The molecule has 5 nitrogen and oxygen atoms in total. The smallest absolute Gasteiger partial charge is 0.344 e. The number of benzene rings is 1. The van der Waals surface area contributed by atoms with Crippen molar-refractivity contribution in [2.24, 2.45) is 0 Å². The number of carbonyl (C=O) groups is 2. The molecular formula is C13H17NO4. The van der Waals surface area contributed by atoms with E-state index in [0.717, 1.165) is 11.1 Å². The molecule has 0 aliphatic heterocycles. The fraction of sp³-hybridized carbons (Fsp3) is 0.385. The number of amides is 1. The largest absolute Gasteiger partial charge is 0.482 e. The van der Waals surface area contributed by atoms with E-state index in [9.17, 15) is 9.59 Å². The molecule has 0 bridgehead atoms. The van der Waals surface area contributed by atoms with Crippen LogP contribution in [0.25, 0.3) is 0 Å². The van der Waals surface area contributed by atoms with Crippen LogP contribution in [-0.2, 0) is 14.3 Å². The topological polar surface area (TPSA) is 64.6 Å². The first-order valence-electron chi connectivity index (χ1n) is 5.59. The predicted octanol–water partition coefficient (Wildman–Crippen LogP) is 0.971. The third-order valence-electron chi connectivity index (χ3n) is 2.48. The van der Waals surface area contributed by atoms with E-state index >= 15 is 0 Å².